The summed E-state index contributed by atoms with van der Waals surface area (Å²) < 4.78 is 5.22. The third-order valence-electron chi connectivity index (χ3n) is 3.00. The highest BCUT2D eigenvalue weighted by Gasteiger charge is 2.22. The molecule has 1 saturated heterocycles. The zero-order valence-corrected chi connectivity index (χ0v) is 9.81. The summed E-state index contributed by atoms with van der Waals surface area (Å²) in [6.07, 6.45) is 3.04. The fourth-order valence-electron chi connectivity index (χ4n) is 1.94. The summed E-state index contributed by atoms with van der Waals surface area (Å²) in [4.78, 5) is 27.2. The van der Waals surface area contributed by atoms with E-state index in [1.807, 2.05) is 0 Å². The van der Waals surface area contributed by atoms with Crippen molar-refractivity contribution in [1.82, 2.24) is 4.98 Å². The molecule has 1 aliphatic rings. The van der Waals surface area contributed by atoms with Gasteiger partial charge in [-0.3, -0.25) is 14.6 Å². The Morgan fingerprint density at radius 3 is 2.53 bits per heavy atom. The number of hydrogen-bond donors (Lipinski definition) is 0. The molecule has 0 spiro atoms. The van der Waals surface area contributed by atoms with E-state index in [1.54, 1.807) is 12.1 Å². The van der Waals surface area contributed by atoms with E-state index in [0.717, 1.165) is 12.8 Å². The predicted octanol–water partition coefficient (Wildman–Crippen LogP) is 1.89. The lowest BCUT2D eigenvalue weighted by Crippen LogP contribution is -2.23. The largest absolute Gasteiger partial charge is 0.381 e. The Hall–Kier alpha value is -1.55. The number of aromatic nitrogens is 1. The Morgan fingerprint density at radius 2 is 2.00 bits per heavy atom. The first-order valence-corrected chi connectivity index (χ1v) is 5.77. The monoisotopic (exact) mass is 233 g/mol. The van der Waals surface area contributed by atoms with Crippen LogP contribution in [0.2, 0.25) is 0 Å². The highest BCUT2D eigenvalue weighted by molar-refractivity contribution is 5.98. The topological polar surface area (TPSA) is 56.3 Å². The van der Waals surface area contributed by atoms with Crippen LogP contribution < -0.4 is 0 Å². The number of pyridine rings is 1. The SMILES string of the molecule is CC(=O)c1ccc(C(=O)C2CCOCC2)cn1. The van der Waals surface area contributed by atoms with Crippen molar-refractivity contribution in [3.8, 4) is 0 Å². The van der Waals surface area contributed by atoms with Gasteiger partial charge in [0, 0.05) is 37.8 Å². The Kier molecular flexibility index (Phi) is 3.64. The molecule has 4 heteroatoms. The van der Waals surface area contributed by atoms with Gasteiger partial charge in [0.05, 0.1) is 0 Å². The van der Waals surface area contributed by atoms with E-state index in [9.17, 15) is 9.59 Å². The number of hydrogen-bond acceptors (Lipinski definition) is 4. The molecule has 0 N–H and O–H groups in total. The molecular formula is C13H15NO3. The fourth-order valence-corrected chi connectivity index (χ4v) is 1.94. The number of ether oxygens (including phenoxy) is 1. The van der Waals surface area contributed by atoms with Crippen molar-refractivity contribution in [2.75, 3.05) is 13.2 Å². The van der Waals surface area contributed by atoms with E-state index in [2.05, 4.69) is 4.98 Å². The molecule has 2 rings (SSSR count). The molecule has 1 aromatic heterocycles. The van der Waals surface area contributed by atoms with Crippen LogP contribution in [0.15, 0.2) is 18.3 Å². The van der Waals surface area contributed by atoms with Gasteiger partial charge in [-0.25, -0.2) is 0 Å². The minimum absolute atomic E-state index is 0.0359. The molecule has 0 bridgehead atoms. The zero-order chi connectivity index (χ0) is 12.3. The smallest absolute Gasteiger partial charge is 0.178 e. The Labute approximate surface area is 100 Å². The van der Waals surface area contributed by atoms with Gasteiger partial charge in [-0.1, -0.05) is 0 Å². The molecule has 1 aromatic rings. The minimum Gasteiger partial charge on any atom is -0.381 e. The summed E-state index contributed by atoms with van der Waals surface area (Å²) in [5, 5.41) is 0. The standard InChI is InChI=1S/C13H15NO3/c1-9(15)12-3-2-11(8-14-12)13(16)10-4-6-17-7-5-10/h2-3,8,10H,4-7H2,1H3. The first kappa shape index (κ1) is 11.9. The average molecular weight is 233 g/mol. The van der Waals surface area contributed by atoms with Crippen molar-refractivity contribution in [2.24, 2.45) is 5.92 Å². The third-order valence-corrected chi connectivity index (χ3v) is 3.00. The number of carbonyl (C=O) groups excluding carboxylic acids is 2. The second-order valence-electron chi connectivity index (χ2n) is 4.24. The number of rotatable bonds is 3. The van der Waals surface area contributed by atoms with E-state index < -0.39 is 0 Å². The molecule has 0 aromatic carbocycles. The summed E-state index contributed by atoms with van der Waals surface area (Å²) in [6, 6.07) is 3.29. The number of ketones is 2. The second kappa shape index (κ2) is 5.19. The highest BCUT2D eigenvalue weighted by atomic mass is 16.5. The van der Waals surface area contributed by atoms with Crippen LogP contribution in [0.5, 0.6) is 0 Å². The average Bonchev–Trinajstić information content (AvgIpc) is 2.39. The summed E-state index contributed by atoms with van der Waals surface area (Å²) in [5.74, 6) is 0.0553. The van der Waals surface area contributed by atoms with Gasteiger partial charge < -0.3 is 4.74 Å². The van der Waals surface area contributed by atoms with Crippen molar-refractivity contribution >= 4 is 11.6 Å². The van der Waals surface area contributed by atoms with Crippen LogP contribution in [-0.4, -0.2) is 29.8 Å². The van der Waals surface area contributed by atoms with E-state index in [4.69, 9.17) is 4.74 Å². The first-order valence-electron chi connectivity index (χ1n) is 5.77. The van der Waals surface area contributed by atoms with Gasteiger partial charge in [-0.15, -0.1) is 0 Å². The fraction of sp³-hybridized carbons (Fsp3) is 0.462. The minimum atomic E-state index is -0.0879. The second-order valence-corrected chi connectivity index (χ2v) is 4.24. The van der Waals surface area contributed by atoms with E-state index in [1.165, 1.54) is 13.1 Å². The Bertz CT molecular complexity index is 419. The Morgan fingerprint density at radius 1 is 1.29 bits per heavy atom. The first-order chi connectivity index (χ1) is 8.18. The van der Waals surface area contributed by atoms with E-state index >= 15 is 0 Å². The Balaban J connectivity index is 2.10. The van der Waals surface area contributed by atoms with Crippen molar-refractivity contribution in [1.29, 1.82) is 0 Å². The maximum Gasteiger partial charge on any atom is 0.178 e. The lowest BCUT2D eigenvalue weighted by Gasteiger charge is -2.20. The van der Waals surface area contributed by atoms with Crippen LogP contribution in [0, 0.1) is 5.92 Å². The summed E-state index contributed by atoms with van der Waals surface area (Å²) in [5.41, 5.74) is 0.982. The van der Waals surface area contributed by atoms with Crippen LogP contribution in [0.3, 0.4) is 0 Å². The van der Waals surface area contributed by atoms with Crippen LogP contribution in [0.25, 0.3) is 0 Å². The van der Waals surface area contributed by atoms with Crippen molar-refractivity contribution in [2.45, 2.75) is 19.8 Å². The van der Waals surface area contributed by atoms with Gasteiger partial charge in [-0.05, 0) is 25.0 Å². The van der Waals surface area contributed by atoms with Crippen molar-refractivity contribution < 1.29 is 14.3 Å². The molecule has 90 valence electrons. The molecule has 0 atom stereocenters. The lowest BCUT2D eigenvalue weighted by atomic mass is 9.91. The van der Waals surface area contributed by atoms with Gasteiger partial charge in [0.1, 0.15) is 5.69 Å². The maximum absolute atomic E-state index is 12.1. The molecule has 1 aliphatic heterocycles. The van der Waals surface area contributed by atoms with E-state index in [-0.39, 0.29) is 17.5 Å². The molecule has 0 unspecified atom stereocenters. The van der Waals surface area contributed by atoms with Gasteiger partial charge >= 0.3 is 0 Å². The predicted molar refractivity (Wildman–Crippen MR) is 62.1 cm³/mol. The normalized spacial score (nSPS) is 16.8. The van der Waals surface area contributed by atoms with Crippen LogP contribution in [0.4, 0.5) is 0 Å². The van der Waals surface area contributed by atoms with Crippen molar-refractivity contribution in [3.63, 3.8) is 0 Å². The number of nitrogens with zero attached hydrogens (tertiary/aromatic N) is 1. The van der Waals surface area contributed by atoms with Gasteiger partial charge in [-0.2, -0.15) is 0 Å². The molecule has 0 radical (unpaired) electrons. The number of Topliss-reactive ketones (excluding diaryl/α,β-unsaturated/α-hetero) is 2. The molecule has 2 heterocycles. The van der Waals surface area contributed by atoms with Crippen LogP contribution in [0.1, 0.15) is 40.6 Å². The molecular weight excluding hydrogens is 218 g/mol. The van der Waals surface area contributed by atoms with E-state index in [0.29, 0.717) is 24.5 Å². The highest BCUT2D eigenvalue weighted by Crippen LogP contribution is 2.19. The van der Waals surface area contributed by atoms with Gasteiger partial charge in [0.15, 0.2) is 11.6 Å². The quantitative estimate of drug-likeness (QED) is 0.748. The summed E-state index contributed by atoms with van der Waals surface area (Å²) in [6.45, 7) is 2.76. The summed E-state index contributed by atoms with van der Waals surface area (Å²) >= 11 is 0. The molecule has 0 amide bonds. The zero-order valence-electron chi connectivity index (χ0n) is 9.81. The van der Waals surface area contributed by atoms with Crippen molar-refractivity contribution in [3.05, 3.63) is 29.6 Å². The van der Waals surface area contributed by atoms with Gasteiger partial charge in [0.25, 0.3) is 0 Å². The van der Waals surface area contributed by atoms with Crippen LogP contribution >= 0.6 is 0 Å². The molecule has 4 nitrogen and oxygen atoms in total. The van der Waals surface area contributed by atoms with Crippen LogP contribution in [-0.2, 0) is 4.74 Å². The molecule has 17 heavy (non-hydrogen) atoms. The lowest BCUT2D eigenvalue weighted by molar-refractivity contribution is 0.0544. The summed E-state index contributed by atoms with van der Waals surface area (Å²) in [7, 11) is 0. The maximum atomic E-state index is 12.1. The number of carbonyl (C=O) groups is 2. The third kappa shape index (κ3) is 2.77. The molecule has 1 fully saturated rings. The molecule has 0 aliphatic carbocycles. The van der Waals surface area contributed by atoms with Gasteiger partial charge in [0.2, 0.25) is 0 Å². The molecule has 0 saturated carbocycles.